The Bertz CT molecular complexity index is 495. The summed E-state index contributed by atoms with van der Waals surface area (Å²) in [6.45, 7) is 1.58. The van der Waals surface area contributed by atoms with Crippen LogP contribution >= 0.6 is 27.5 Å². The molecule has 1 rings (SSSR count). The first-order valence-corrected chi connectivity index (χ1v) is 7.14. The summed E-state index contributed by atoms with van der Waals surface area (Å²) in [7, 11) is 0. The molecule has 0 bridgehead atoms. The van der Waals surface area contributed by atoms with Gasteiger partial charge in [0.1, 0.15) is 5.75 Å². The van der Waals surface area contributed by atoms with Gasteiger partial charge in [0.25, 0.3) is 5.91 Å². The van der Waals surface area contributed by atoms with Crippen LogP contribution in [-0.2, 0) is 9.59 Å². The van der Waals surface area contributed by atoms with Gasteiger partial charge in [-0.05, 0) is 31.5 Å². The summed E-state index contributed by atoms with van der Waals surface area (Å²) >= 11 is 9.22. The molecular formula is C13H15BrClNO4. The van der Waals surface area contributed by atoms with Gasteiger partial charge in [-0.3, -0.25) is 9.59 Å². The number of hydrogen-bond acceptors (Lipinski definition) is 3. The molecule has 0 fully saturated rings. The number of benzene rings is 1. The van der Waals surface area contributed by atoms with E-state index in [0.29, 0.717) is 17.2 Å². The molecule has 0 heterocycles. The van der Waals surface area contributed by atoms with Crippen molar-refractivity contribution in [3.05, 3.63) is 27.7 Å². The van der Waals surface area contributed by atoms with Crippen LogP contribution in [-0.4, -0.2) is 29.6 Å². The number of carboxylic acid groups (broad SMARTS) is 1. The van der Waals surface area contributed by atoms with Gasteiger partial charge in [-0.2, -0.15) is 0 Å². The lowest BCUT2D eigenvalue weighted by Crippen LogP contribution is -2.36. The fourth-order valence-electron chi connectivity index (χ4n) is 1.46. The molecule has 0 aliphatic heterocycles. The smallest absolute Gasteiger partial charge is 0.303 e. The molecule has 1 aromatic rings. The van der Waals surface area contributed by atoms with E-state index in [1.165, 1.54) is 0 Å². The molecule has 20 heavy (non-hydrogen) atoms. The molecule has 0 radical (unpaired) electrons. The maximum absolute atomic E-state index is 11.6. The fourth-order valence-corrected chi connectivity index (χ4v) is 2.19. The molecule has 7 heteroatoms. The second-order valence-corrected chi connectivity index (χ2v) is 5.59. The van der Waals surface area contributed by atoms with Crippen molar-refractivity contribution in [3.8, 4) is 5.75 Å². The van der Waals surface area contributed by atoms with Crippen LogP contribution in [0.3, 0.4) is 0 Å². The van der Waals surface area contributed by atoms with Crippen LogP contribution in [0.15, 0.2) is 22.7 Å². The maximum Gasteiger partial charge on any atom is 0.303 e. The molecule has 0 spiro atoms. The average Bonchev–Trinajstić information content (AvgIpc) is 2.35. The zero-order valence-electron chi connectivity index (χ0n) is 10.9. The first kappa shape index (κ1) is 16.8. The Morgan fingerprint density at radius 1 is 1.50 bits per heavy atom. The van der Waals surface area contributed by atoms with Crippen LogP contribution in [0.25, 0.3) is 0 Å². The van der Waals surface area contributed by atoms with E-state index >= 15 is 0 Å². The van der Waals surface area contributed by atoms with Gasteiger partial charge in [-0.25, -0.2) is 0 Å². The highest BCUT2D eigenvalue weighted by Gasteiger charge is 2.10. The van der Waals surface area contributed by atoms with E-state index in [4.69, 9.17) is 21.4 Å². The molecular weight excluding hydrogens is 350 g/mol. The molecule has 0 aliphatic carbocycles. The highest BCUT2D eigenvalue weighted by Crippen LogP contribution is 2.27. The minimum absolute atomic E-state index is 0.0147. The summed E-state index contributed by atoms with van der Waals surface area (Å²) in [5, 5.41) is 11.6. The number of rotatable bonds is 7. The van der Waals surface area contributed by atoms with Gasteiger partial charge in [-0.1, -0.05) is 27.5 Å². The molecule has 0 aromatic heterocycles. The Balaban J connectivity index is 2.37. The topological polar surface area (TPSA) is 75.6 Å². The number of amides is 1. The summed E-state index contributed by atoms with van der Waals surface area (Å²) in [5.74, 6) is -0.783. The Labute approximate surface area is 130 Å². The van der Waals surface area contributed by atoms with Crippen molar-refractivity contribution in [1.29, 1.82) is 0 Å². The highest BCUT2D eigenvalue weighted by atomic mass is 79.9. The first-order chi connectivity index (χ1) is 9.38. The number of hydrogen-bond donors (Lipinski definition) is 2. The lowest BCUT2D eigenvalue weighted by Gasteiger charge is -2.13. The third kappa shape index (κ3) is 6.25. The van der Waals surface area contributed by atoms with Gasteiger partial charge in [0.2, 0.25) is 0 Å². The van der Waals surface area contributed by atoms with Crippen LogP contribution in [0.5, 0.6) is 5.75 Å². The Morgan fingerprint density at radius 3 is 2.80 bits per heavy atom. The van der Waals surface area contributed by atoms with Crippen LogP contribution in [0.1, 0.15) is 19.8 Å². The summed E-state index contributed by atoms with van der Waals surface area (Å²) in [5.41, 5.74) is 0. The quantitative estimate of drug-likeness (QED) is 0.780. The predicted molar refractivity (Wildman–Crippen MR) is 79.1 cm³/mol. The van der Waals surface area contributed by atoms with Crippen molar-refractivity contribution in [2.24, 2.45) is 0 Å². The van der Waals surface area contributed by atoms with Crippen molar-refractivity contribution in [1.82, 2.24) is 5.32 Å². The van der Waals surface area contributed by atoms with Crippen LogP contribution < -0.4 is 10.1 Å². The van der Waals surface area contributed by atoms with Gasteiger partial charge in [0.15, 0.2) is 6.61 Å². The second-order valence-electron chi connectivity index (χ2n) is 4.26. The van der Waals surface area contributed by atoms with Crippen molar-refractivity contribution in [2.45, 2.75) is 25.8 Å². The number of aliphatic carboxylic acids is 1. The molecule has 110 valence electrons. The largest absolute Gasteiger partial charge is 0.482 e. The molecule has 1 amide bonds. The molecule has 0 saturated heterocycles. The third-order valence-corrected chi connectivity index (χ3v) is 3.24. The van der Waals surface area contributed by atoms with E-state index in [2.05, 4.69) is 21.2 Å². The first-order valence-electron chi connectivity index (χ1n) is 5.97. The van der Waals surface area contributed by atoms with Gasteiger partial charge >= 0.3 is 5.97 Å². The highest BCUT2D eigenvalue weighted by molar-refractivity contribution is 9.10. The molecule has 1 unspecified atom stereocenters. The monoisotopic (exact) mass is 363 g/mol. The Hall–Kier alpha value is -1.27. The summed E-state index contributed by atoms with van der Waals surface area (Å²) in [6.07, 6.45) is 0.390. The van der Waals surface area contributed by atoms with Crippen LogP contribution in [0.2, 0.25) is 5.02 Å². The van der Waals surface area contributed by atoms with Gasteiger partial charge in [0.05, 0.1) is 5.02 Å². The predicted octanol–water partition coefficient (Wildman–Crippen LogP) is 2.85. The summed E-state index contributed by atoms with van der Waals surface area (Å²) in [4.78, 5) is 22.0. The minimum Gasteiger partial charge on any atom is -0.482 e. The fraction of sp³-hybridized carbons (Fsp3) is 0.385. The van der Waals surface area contributed by atoms with E-state index in [0.717, 1.165) is 4.47 Å². The standard InChI is InChI=1S/C13H15BrClNO4/c1-8(2-5-13(18)19)16-12(17)7-20-11-4-3-9(14)6-10(11)15/h3-4,6,8H,2,5,7H2,1H3,(H,16,17)(H,18,19). The number of nitrogens with one attached hydrogen (secondary N) is 1. The van der Waals surface area contributed by atoms with E-state index in [-0.39, 0.29) is 25.0 Å². The lowest BCUT2D eigenvalue weighted by atomic mass is 10.2. The van der Waals surface area contributed by atoms with E-state index in [1.807, 2.05) is 0 Å². The number of ether oxygens (including phenoxy) is 1. The van der Waals surface area contributed by atoms with Gasteiger partial charge in [0, 0.05) is 16.9 Å². The number of halogens is 2. The maximum atomic E-state index is 11.6. The summed E-state index contributed by atoms with van der Waals surface area (Å²) in [6, 6.07) is 4.87. The van der Waals surface area contributed by atoms with Crippen molar-refractivity contribution in [3.63, 3.8) is 0 Å². The summed E-state index contributed by atoms with van der Waals surface area (Å²) < 4.78 is 6.12. The minimum atomic E-state index is -0.885. The van der Waals surface area contributed by atoms with E-state index in [1.54, 1.807) is 25.1 Å². The van der Waals surface area contributed by atoms with Crippen LogP contribution in [0, 0.1) is 0 Å². The van der Waals surface area contributed by atoms with E-state index < -0.39 is 5.97 Å². The molecule has 5 nitrogen and oxygen atoms in total. The number of carbonyl (C=O) groups excluding carboxylic acids is 1. The van der Waals surface area contributed by atoms with Crippen LogP contribution in [0.4, 0.5) is 0 Å². The van der Waals surface area contributed by atoms with Crippen molar-refractivity contribution in [2.75, 3.05) is 6.61 Å². The molecule has 0 aliphatic rings. The molecule has 0 saturated carbocycles. The van der Waals surface area contributed by atoms with Gasteiger partial charge < -0.3 is 15.2 Å². The van der Waals surface area contributed by atoms with Gasteiger partial charge in [-0.15, -0.1) is 0 Å². The number of carboxylic acids is 1. The number of carbonyl (C=O) groups is 2. The zero-order chi connectivity index (χ0) is 15.1. The zero-order valence-corrected chi connectivity index (χ0v) is 13.2. The molecule has 2 N–H and O–H groups in total. The molecule has 1 aromatic carbocycles. The Kier molecular flexibility index (Phi) is 6.81. The van der Waals surface area contributed by atoms with Crippen molar-refractivity contribution >= 4 is 39.4 Å². The Morgan fingerprint density at radius 2 is 2.20 bits per heavy atom. The average molecular weight is 365 g/mol. The normalized spacial score (nSPS) is 11.8. The lowest BCUT2D eigenvalue weighted by molar-refractivity contribution is -0.137. The van der Waals surface area contributed by atoms with E-state index in [9.17, 15) is 9.59 Å². The van der Waals surface area contributed by atoms with Crippen molar-refractivity contribution < 1.29 is 19.4 Å². The third-order valence-electron chi connectivity index (χ3n) is 2.45. The second kappa shape index (κ2) is 8.11. The molecule has 1 atom stereocenters. The SMILES string of the molecule is CC(CCC(=O)O)NC(=O)COc1ccc(Br)cc1Cl.